The Hall–Kier alpha value is 0.905. The van der Waals surface area contributed by atoms with Crippen LogP contribution in [-0.4, -0.2) is 8.80 Å². The van der Waals surface area contributed by atoms with Crippen molar-refractivity contribution in [3.63, 3.8) is 0 Å². The smallest absolute Gasteiger partial charge is 0.0365 e. The first-order valence-electron chi connectivity index (χ1n) is 3.93. The van der Waals surface area contributed by atoms with Gasteiger partial charge in [-0.25, -0.2) is 0 Å². The summed E-state index contributed by atoms with van der Waals surface area (Å²) in [6, 6.07) is 4.85. The van der Waals surface area contributed by atoms with Gasteiger partial charge in [0.25, 0.3) is 0 Å². The summed E-state index contributed by atoms with van der Waals surface area (Å²) in [5.41, 5.74) is 0. The fraction of sp³-hybridized carbons (Fsp3) is 1.00. The quantitative estimate of drug-likeness (QED) is 0.650. The van der Waals surface area contributed by atoms with E-state index in [0.29, 0.717) is 0 Å². The molecule has 0 unspecified atom stereocenters. The molecular formula is C7H16PtSi. The van der Waals surface area contributed by atoms with Gasteiger partial charge < -0.3 is 0 Å². The fourth-order valence-electron chi connectivity index (χ4n) is 1.60. The van der Waals surface area contributed by atoms with Crippen LogP contribution in [0.5, 0.6) is 0 Å². The maximum atomic E-state index is 2.38. The molecule has 0 radical (unpaired) electrons. The van der Waals surface area contributed by atoms with E-state index < -0.39 is 0 Å². The monoisotopic (exact) mass is 323 g/mol. The number of hydrogen-bond donors (Lipinski definition) is 0. The van der Waals surface area contributed by atoms with Crippen LogP contribution in [0, 0.1) is 0 Å². The molecule has 1 aliphatic heterocycles. The third-order valence-electron chi connectivity index (χ3n) is 2.30. The van der Waals surface area contributed by atoms with E-state index in [0.717, 1.165) is 0 Å². The summed E-state index contributed by atoms with van der Waals surface area (Å²) in [4.78, 5) is 0. The van der Waals surface area contributed by atoms with Gasteiger partial charge in [0.05, 0.1) is 0 Å². The van der Waals surface area contributed by atoms with Crippen molar-refractivity contribution >= 4 is 8.80 Å². The molecule has 0 nitrogen and oxygen atoms in total. The van der Waals surface area contributed by atoms with Crippen LogP contribution in [0.1, 0.15) is 26.2 Å². The Morgan fingerprint density at radius 2 is 1.67 bits per heavy atom. The SMILES string of the molecule is CC[SiH]1CCCCC1.[Pt]. The Morgan fingerprint density at radius 3 is 2.00 bits per heavy atom. The van der Waals surface area contributed by atoms with Crippen LogP contribution in [-0.2, 0) is 21.1 Å². The van der Waals surface area contributed by atoms with Gasteiger partial charge in [-0.3, -0.25) is 0 Å². The molecule has 1 aliphatic rings. The van der Waals surface area contributed by atoms with Crippen LogP contribution in [0.2, 0.25) is 18.1 Å². The van der Waals surface area contributed by atoms with Crippen LogP contribution in [0.4, 0.5) is 0 Å². The van der Waals surface area contributed by atoms with Crippen molar-refractivity contribution in [1.82, 2.24) is 0 Å². The summed E-state index contributed by atoms with van der Waals surface area (Å²) in [5, 5.41) is 0. The van der Waals surface area contributed by atoms with E-state index in [1.54, 1.807) is 31.0 Å². The predicted octanol–water partition coefficient (Wildman–Crippen LogP) is 2.41. The summed E-state index contributed by atoms with van der Waals surface area (Å²) < 4.78 is 0. The molecule has 0 atom stereocenters. The largest absolute Gasteiger partial charge is 0.0680 e. The molecule has 0 spiro atoms. The predicted molar refractivity (Wildman–Crippen MR) is 41.1 cm³/mol. The first-order valence-corrected chi connectivity index (χ1v) is 6.38. The summed E-state index contributed by atoms with van der Waals surface area (Å²) in [6.45, 7) is 2.38. The molecule has 0 aromatic rings. The minimum atomic E-state index is -0.105. The van der Waals surface area contributed by atoms with Crippen LogP contribution in [0.25, 0.3) is 0 Å². The Morgan fingerprint density at radius 1 is 1.11 bits per heavy atom. The molecule has 1 rings (SSSR count). The maximum Gasteiger partial charge on any atom is 0.0365 e. The van der Waals surface area contributed by atoms with Gasteiger partial charge in [-0.1, -0.05) is 44.3 Å². The van der Waals surface area contributed by atoms with Crippen molar-refractivity contribution in [2.24, 2.45) is 0 Å². The second kappa shape index (κ2) is 5.67. The fourth-order valence-corrected chi connectivity index (χ4v) is 4.43. The molecule has 0 aromatic heterocycles. The van der Waals surface area contributed by atoms with Gasteiger partial charge in [0, 0.05) is 29.9 Å². The summed E-state index contributed by atoms with van der Waals surface area (Å²) in [7, 11) is -0.105. The van der Waals surface area contributed by atoms with E-state index in [-0.39, 0.29) is 29.9 Å². The first-order chi connectivity index (χ1) is 3.93. The Labute approximate surface area is 74.3 Å². The Balaban J connectivity index is 0.000000640. The van der Waals surface area contributed by atoms with Crippen LogP contribution in [0.3, 0.4) is 0 Å². The van der Waals surface area contributed by atoms with Crippen molar-refractivity contribution in [2.75, 3.05) is 0 Å². The van der Waals surface area contributed by atoms with Gasteiger partial charge in [-0.2, -0.15) is 0 Å². The molecule has 0 aliphatic carbocycles. The van der Waals surface area contributed by atoms with E-state index in [9.17, 15) is 0 Å². The molecule has 1 heterocycles. The molecule has 2 heteroatoms. The summed E-state index contributed by atoms with van der Waals surface area (Å²) in [5.74, 6) is 0. The minimum Gasteiger partial charge on any atom is -0.0680 e. The standard InChI is InChI=1S/C7H16Si.Pt/c1-2-8-6-4-3-5-7-8;/h8H,2-7H2,1H3;. The molecule has 0 N–H and O–H groups in total. The second-order valence-electron chi connectivity index (χ2n) is 2.91. The van der Waals surface area contributed by atoms with E-state index in [2.05, 4.69) is 6.92 Å². The van der Waals surface area contributed by atoms with Crippen molar-refractivity contribution in [2.45, 2.75) is 44.3 Å². The van der Waals surface area contributed by atoms with Crippen molar-refractivity contribution in [1.29, 1.82) is 0 Å². The molecule has 1 fully saturated rings. The van der Waals surface area contributed by atoms with E-state index >= 15 is 0 Å². The molecule has 0 amide bonds. The minimum absolute atomic E-state index is 0. The number of hydrogen-bond acceptors (Lipinski definition) is 0. The average molecular weight is 323 g/mol. The first kappa shape index (κ1) is 9.91. The number of rotatable bonds is 1. The summed E-state index contributed by atoms with van der Waals surface area (Å²) >= 11 is 0. The Kier molecular flexibility index (Phi) is 6.24. The van der Waals surface area contributed by atoms with Crippen LogP contribution < -0.4 is 0 Å². The van der Waals surface area contributed by atoms with Crippen LogP contribution >= 0.6 is 0 Å². The third kappa shape index (κ3) is 3.57. The summed E-state index contributed by atoms with van der Waals surface area (Å²) in [6.07, 6.45) is 4.65. The van der Waals surface area contributed by atoms with Crippen molar-refractivity contribution in [3.05, 3.63) is 0 Å². The molecule has 0 aromatic carbocycles. The zero-order valence-corrected chi connectivity index (χ0v) is 9.56. The van der Waals surface area contributed by atoms with Crippen molar-refractivity contribution in [3.8, 4) is 0 Å². The van der Waals surface area contributed by atoms with Gasteiger partial charge in [-0.05, 0) is 0 Å². The molecule has 0 saturated carbocycles. The topological polar surface area (TPSA) is 0 Å². The van der Waals surface area contributed by atoms with Gasteiger partial charge in [0.15, 0.2) is 0 Å². The molecule has 9 heavy (non-hydrogen) atoms. The third-order valence-corrected chi connectivity index (χ3v) is 5.91. The average Bonchev–Trinajstić information content (AvgIpc) is 1.90. The zero-order chi connectivity index (χ0) is 5.82. The van der Waals surface area contributed by atoms with Gasteiger partial charge in [0.1, 0.15) is 0 Å². The molecular weight excluding hydrogens is 307 g/mol. The molecule has 0 bridgehead atoms. The normalized spacial score (nSPS) is 21.0. The zero-order valence-electron chi connectivity index (χ0n) is 6.14. The van der Waals surface area contributed by atoms with Gasteiger partial charge in [-0.15, -0.1) is 0 Å². The van der Waals surface area contributed by atoms with Gasteiger partial charge in [0.2, 0.25) is 0 Å². The second-order valence-corrected chi connectivity index (χ2v) is 6.62. The maximum absolute atomic E-state index is 2.38. The van der Waals surface area contributed by atoms with Crippen LogP contribution in [0.15, 0.2) is 0 Å². The Bertz CT molecular complexity index is 59.9. The molecule has 58 valence electrons. The van der Waals surface area contributed by atoms with E-state index in [1.807, 2.05) is 0 Å². The van der Waals surface area contributed by atoms with E-state index in [4.69, 9.17) is 0 Å². The van der Waals surface area contributed by atoms with E-state index in [1.165, 1.54) is 6.42 Å². The van der Waals surface area contributed by atoms with Crippen molar-refractivity contribution < 1.29 is 21.1 Å². The molecule has 1 saturated heterocycles. The van der Waals surface area contributed by atoms with Gasteiger partial charge >= 0.3 is 0 Å².